The highest BCUT2D eigenvalue weighted by molar-refractivity contribution is 4.64. The first-order valence-corrected chi connectivity index (χ1v) is 3.85. The summed E-state index contributed by atoms with van der Waals surface area (Å²) in [6, 6.07) is 1.38. The summed E-state index contributed by atoms with van der Waals surface area (Å²) in [5, 5.41) is 0. The molecule has 0 radical (unpaired) electrons. The largest absolute Gasteiger partial charge is 1.00 e. The van der Waals surface area contributed by atoms with Crippen LogP contribution in [0.4, 0.5) is 4.70 Å². The van der Waals surface area contributed by atoms with Gasteiger partial charge in [0, 0.05) is 12.1 Å². The maximum Gasteiger partial charge on any atom is 1.00 e. The van der Waals surface area contributed by atoms with Crippen LogP contribution in [-0.4, -0.2) is 23.5 Å². The monoisotopic (exact) mass is 152 g/mol. The third kappa shape index (κ3) is 3.83. The van der Waals surface area contributed by atoms with Crippen molar-refractivity contribution in [1.82, 2.24) is 4.90 Å². The molecule has 0 amide bonds. The van der Waals surface area contributed by atoms with E-state index in [-0.39, 0.29) is 8.98 Å². The molecule has 0 saturated heterocycles. The summed E-state index contributed by atoms with van der Waals surface area (Å²) in [6.45, 7) is 12.3. The van der Waals surface area contributed by atoms with Gasteiger partial charge in [-0.2, -0.15) is 0 Å². The van der Waals surface area contributed by atoms with Gasteiger partial charge < -0.3 is 0 Å². The Labute approximate surface area is 68.2 Å². The van der Waals surface area contributed by atoms with E-state index in [4.69, 9.17) is 0 Å². The average Bonchev–Trinajstić information content (AvgIpc) is 1.64. The van der Waals surface area contributed by atoms with Gasteiger partial charge in [-0.05, 0) is 34.2 Å². The minimum absolute atomic E-state index is 0. The summed E-state index contributed by atoms with van der Waals surface area (Å²) < 4.78 is 0. The molecule has 0 heterocycles. The molecule has 0 N–H and O–H groups in total. The Kier molecular flexibility index (Phi) is 7.10. The van der Waals surface area contributed by atoms with E-state index in [1.54, 1.807) is 0 Å². The lowest BCUT2D eigenvalue weighted by molar-refractivity contribution is 0.185. The van der Waals surface area contributed by atoms with Crippen LogP contribution in [0.15, 0.2) is 0 Å². The molecule has 0 rings (SSSR count). The van der Waals surface area contributed by atoms with Crippen molar-refractivity contribution in [2.24, 2.45) is 0 Å². The predicted molar refractivity (Wildman–Crippen MR) is 48.5 cm³/mol. The molecule has 0 aliphatic heterocycles. The van der Waals surface area contributed by atoms with Crippen LogP contribution in [0.2, 0.25) is 0 Å². The minimum Gasteiger partial charge on any atom is -0.299 e. The first-order valence-electron chi connectivity index (χ1n) is 3.85. The first kappa shape index (κ1) is 12.6. The minimum atomic E-state index is 0. The molecular weight excluding hydrogens is 129 g/mol. The molecular formula is C8H23FN+3. The number of hydrogen-bond donors (Lipinski definition) is 0. The second-order valence-electron chi connectivity index (χ2n) is 3.02. The van der Waals surface area contributed by atoms with E-state index < -0.39 is 0 Å². The van der Waals surface area contributed by atoms with E-state index in [1.165, 1.54) is 0 Å². The number of hydrogen-bond acceptors (Lipinski definition) is 1. The molecule has 0 aliphatic carbocycles. The number of halogens is 1. The molecule has 0 aromatic heterocycles. The van der Waals surface area contributed by atoms with Crippen LogP contribution in [0.25, 0.3) is 0 Å². The quantitative estimate of drug-likeness (QED) is 0.601. The molecule has 0 spiro atoms. The van der Waals surface area contributed by atoms with Gasteiger partial charge in [0.05, 0.1) is 0 Å². The van der Waals surface area contributed by atoms with E-state index in [1.807, 2.05) is 0 Å². The molecule has 10 heavy (non-hydrogen) atoms. The van der Waals surface area contributed by atoms with Crippen LogP contribution in [0.5, 0.6) is 0 Å². The van der Waals surface area contributed by atoms with Gasteiger partial charge in [0.15, 0.2) is 0 Å². The lowest BCUT2D eigenvalue weighted by atomic mass is 10.2. The Morgan fingerprint density at radius 3 is 1.40 bits per heavy atom. The second-order valence-corrected chi connectivity index (χ2v) is 3.02. The SMILES string of the molecule is CCN(C(C)C)C(C)C.F.[H+].[H+].[H+]. The zero-order valence-electron chi connectivity index (χ0n) is 10.7. The van der Waals surface area contributed by atoms with Crippen molar-refractivity contribution in [2.75, 3.05) is 6.54 Å². The highest BCUT2D eigenvalue weighted by atomic mass is 19.0. The van der Waals surface area contributed by atoms with Crippen LogP contribution in [-0.2, 0) is 0 Å². The van der Waals surface area contributed by atoms with Crippen molar-refractivity contribution in [3.05, 3.63) is 0 Å². The van der Waals surface area contributed by atoms with Crippen LogP contribution < -0.4 is 0 Å². The Morgan fingerprint density at radius 1 is 1.10 bits per heavy atom. The van der Waals surface area contributed by atoms with Gasteiger partial charge in [-0.3, -0.25) is 9.60 Å². The van der Waals surface area contributed by atoms with Gasteiger partial charge in [-0.15, -0.1) is 0 Å². The van der Waals surface area contributed by atoms with E-state index >= 15 is 0 Å². The molecule has 0 bridgehead atoms. The van der Waals surface area contributed by atoms with Gasteiger partial charge >= 0.3 is 4.28 Å². The van der Waals surface area contributed by atoms with Gasteiger partial charge in [-0.1, -0.05) is 6.92 Å². The van der Waals surface area contributed by atoms with Gasteiger partial charge in [0.2, 0.25) is 0 Å². The highest BCUT2D eigenvalue weighted by Gasteiger charge is 2.08. The van der Waals surface area contributed by atoms with Gasteiger partial charge in [0.1, 0.15) is 0 Å². The summed E-state index contributed by atoms with van der Waals surface area (Å²) in [7, 11) is 0. The van der Waals surface area contributed by atoms with Crippen molar-refractivity contribution in [1.29, 1.82) is 0 Å². The highest BCUT2D eigenvalue weighted by Crippen LogP contribution is 2.02. The maximum atomic E-state index is 2.46. The molecule has 0 aliphatic rings. The molecule has 0 fully saturated rings. The summed E-state index contributed by atoms with van der Waals surface area (Å²) >= 11 is 0. The van der Waals surface area contributed by atoms with Crippen molar-refractivity contribution in [3.63, 3.8) is 0 Å². The third-order valence-corrected chi connectivity index (χ3v) is 1.69. The lowest BCUT2D eigenvalue weighted by Gasteiger charge is -2.28. The van der Waals surface area contributed by atoms with Crippen LogP contribution in [0.3, 0.4) is 0 Å². The van der Waals surface area contributed by atoms with Gasteiger partial charge in [-0.25, -0.2) is 0 Å². The standard InChI is InChI=1S/C8H19N.FH/c1-6-9(7(2)3)8(4)5;/h7-8H,6H2,1-5H3;1H/p+3. The molecule has 1 nitrogen and oxygen atoms in total. The second kappa shape index (κ2) is 5.66. The van der Waals surface area contributed by atoms with E-state index in [2.05, 4.69) is 39.5 Å². The molecule has 0 aromatic rings. The third-order valence-electron chi connectivity index (χ3n) is 1.69. The predicted octanol–water partition coefficient (Wildman–Crippen LogP) is 2.62. The Balaban J connectivity index is -0.0000000533. The zero-order chi connectivity index (χ0) is 7.44. The zero-order valence-corrected chi connectivity index (χ0v) is 7.72. The lowest BCUT2D eigenvalue weighted by Crippen LogP contribution is -2.36. The fourth-order valence-corrected chi connectivity index (χ4v) is 1.33. The van der Waals surface area contributed by atoms with Crippen LogP contribution in [0, 0.1) is 0 Å². The summed E-state index contributed by atoms with van der Waals surface area (Å²) in [4.78, 5) is 2.46. The molecule has 0 unspecified atom stereocenters. The Morgan fingerprint density at radius 2 is 1.40 bits per heavy atom. The summed E-state index contributed by atoms with van der Waals surface area (Å²) in [5.41, 5.74) is 0. The van der Waals surface area contributed by atoms with Crippen molar-refractivity contribution in [2.45, 2.75) is 46.7 Å². The topological polar surface area (TPSA) is 3.24 Å². The average molecular weight is 152 g/mol. The molecule has 0 aromatic carbocycles. The summed E-state index contributed by atoms with van der Waals surface area (Å²) in [6.07, 6.45) is 0. The molecule has 0 atom stereocenters. The molecule has 64 valence electrons. The van der Waals surface area contributed by atoms with Crippen molar-refractivity contribution < 1.29 is 8.98 Å². The van der Waals surface area contributed by atoms with E-state index in [0.29, 0.717) is 12.1 Å². The molecule has 0 saturated carbocycles. The van der Waals surface area contributed by atoms with E-state index in [9.17, 15) is 0 Å². The fraction of sp³-hybridized carbons (Fsp3) is 1.00. The van der Waals surface area contributed by atoms with Crippen LogP contribution >= 0.6 is 0 Å². The Hall–Kier alpha value is -0.110. The first-order chi connectivity index (χ1) is 4.09. The maximum absolute atomic E-state index is 2.46. The smallest absolute Gasteiger partial charge is 0.299 e. The summed E-state index contributed by atoms with van der Waals surface area (Å²) in [5.74, 6) is 0. The van der Waals surface area contributed by atoms with E-state index in [0.717, 1.165) is 6.54 Å². The van der Waals surface area contributed by atoms with Crippen molar-refractivity contribution in [3.8, 4) is 0 Å². The number of nitrogens with zero attached hydrogens (tertiary/aromatic N) is 1. The Bertz CT molecular complexity index is 73.8. The fourth-order valence-electron chi connectivity index (χ4n) is 1.33. The normalized spacial score (nSPS) is 10.8. The molecule has 2 heteroatoms. The van der Waals surface area contributed by atoms with Gasteiger partial charge in [0.25, 0.3) is 0 Å². The van der Waals surface area contributed by atoms with Crippen molar-refractivity contribution >= 4 is 0 Å². The number of rotatable bonds is 3. The van der Waals surface area contributed by atoms with Crippen LogP contribution in [0.1, 0.15) is 38.9 Å².